The molecule has 1 fully saturated rings. The lowest BCUT2D eigenvalue weighted by atomic mass is 10.1. The first kappa shape index (κ1) is 19.9. The van der Waals surface area contributed by atoms with Crippen molar-refractivity contribution in [2.24, 2.45) is 0 Å². The lowest BCUT2D eigenvalue weighted by Gasteiger charge is -2.24. The van der Waals surface area contributed by atoms with E-state index in [1.807, 2.05) is 22.6 Å². The third kappa shape index (κ3) is 4.34. The van der Waals surface area contributed by atoms with Gasteiger partial charge in [-0.05, 0) is 46.1 Å². The predicted molar refractivity (Wildman–Crippen MR) is 111 cm³/mol. The summed E-state index contributed by atoms with van der Waals surface area (Å²) in [6.45, 7) is 15.9. The zero-order chi connectivity index (χ0) is 19.8. The fourth-order valence-electron chi connectivity index (χ4n) is 3.41. The van der Waals surface area contributed by atoms with Gasteiger partial charge >= 0.3 is 0 Å². The molecule has 2 aromatic rings. The molecule has 2 aromatic heterocycles. The van der Waals surface area contributed by atoms with Gasteiger partial charge in [0.15, 0.2) is 10.8 Å². The second-order valence-electron chi connectivity index (χ2n) is 8.60. The highest BCUT2D eigenvalue weighted by Gasteiger charge is 2.27. The Morgan fingerprint density at radius 2 is 1.93 bits per heavy atom. The lowest BCUT2D eigenvalue weighted by molar-refractivity contribution is 0.0759. The highest BCUT2D eigenvalue weighted by atomic mass is 32.1. The standard InChI is InChI=1S/C20H31N5OS/c1-14(2)17-12-16(22-25(17)20(4,5)6)18(26)23-8-7-9-24(11-10-23)19-21-15(3)13-27-19/h12-14H,7-11H2,1-6H3. The average Bonchev–Trinajstić information content (AvgIpc) is 3.15. The Kier molecular flexibility index (Phi) is 5.60. The summed E-state index contributed by atoms with van der Waals surface area (Å²) in [4.78, 5) is 22.0. The summed E-state index contributed by atoms with van der Waals surface area (Å²) in [6, 6.07) is 1.98. The molecule has 3 rings (SSSR count). The number of rotatable bonds is 3. The van der Waals surface area contributed by atoms with Crippen LogP contribution in [0.15, 0.2) is 11.4 Å². The second-order valence-corrected chi connectivity index (χ2v) is 9.43. The van der Waals surface area contributed by atoms with E-state index in [2.05, 4.69) is 49.9 Å². The van der Waals surface area contributed by atoms with Crippen LogP contribution in [0.3, 0.4) is 0 Å². The van der Waals surface area contributed by atoms with E-state index in [4.69, 9.17) is 5.10 Å². The van der Waals surface area contributed by atoms with Crippen LogP contribution in [0.25, 0.3) is 0 Å². The van der Waals surface area contributed by atoms with Crippen molar-refractivity contribution >= 4 is 22.4 Å². The van der Waals surface area contributed by atoms with Crippen LogP contribution >= 0.6 is 11.3 Å². The molecular formula is C20H31N5OS. The molecule has 1 saturated heterocycles. The van der Waals surface area contributed by atoms with E-state index in [9.17, 15) is 4.79 Å². The van der Waals surface area contributed by atoms with E-state index in [1.54, 1.807) is 11.3 Å². The molecule has 0 aliphatic carbocycles. The first-order chi connectivity index (χ1) is 12.7. The SMILES string of the molecule is Cc1csc(N2CCCN(C(=O)c3cc(C(C)C)n(C(C)(C)C)n3)CC2)n1. The Labute approximate surface area is 166 Å². The summed E-state index contributed by atoms with van der Waals surface area (Å²) in [7, 11) is 0. The Morgan fingerprint density at radius 1 is 1.19 bits per heavy atom. The number of carbonyl (C=O) groups excluding carboxylic acids is 1. The maximum absolute atomic E-state index is 13.1. The van der Waals surface area contributed by atoms with E-state index in [-0.39, 0.29) is 11.4 Å². The van der Waals surface area contributed by atoms with Gasteiger partial charge in [0, 0.05) is 37.3 Å². The van der Waals surface area contributed by atoms with Crippen LogP contribution < -0.4 is 4.90 Å². The quantitative estimate of drug-likeness (QED) is 0.799. The number of thiazole rings is 1. The van der Waals surface area contributed by atoms with Gasteiger partial charge < -0.3 is 9.80 Å². The zero-order valence-electron chi connectivity index (χ0n) is 17.3. The minimum atomic E-state index is -0.142. The van der Waals surface area contributed by atoms with Crippen molar-refractivity contribution in [3.8, 4) is 0 Å². The molecule has 0 bridgehead atoms. The van der Waals surface area contributed by atoms with Crippen molar-refractivity contribution in [1.29, 1.82) is 0 Å². The van der Waals surface area contributed by atoms with Crippen molar-refractivity contribution in [1.82, 2.24) is 19.7 Å². The van der Waals surface area contributed by atoms with Crippen molar-refractivity contribution in [2.45, 2.75) is 59.4 Å². The minimum absolute atomic E-state index is 0.0390. The van der Waals surface area contributed by atoms with E-state index in [1.165, 1.54) is 0 Å². The molecule has 0 aromatic carbocycles. The summed E-state index contributed by atoms with van der Waals surface area (Å²) in [5.74, 6) is 0.364. The van der Waals surface area contributed by atoms with Gasteiger partial charge in [0.1, 0.15) is 0 Å². The van der Waals surface area contributed by atoms with Crippen LogP contribution in [-0.4, -0.2) is 51.8 Å². The fraction of sp³-hybridized carbons (Fsp3) is 0.650. The number of aryl methyl sites for hydroxylation is 1. The van der Waals surface area contributed by atoms with Gasteiger partial charge in [0.05, 0.1) is 11.2 Å². The van der Waals surface area contributed by atoms with Crippen LogP contribution in [0.4, 0.5) is 5.13 Å². The molecule has 0 radical (unpaired) electrons. The van der Waals surface area contributed by atoms with Crippen molar-refractivity contribution < 1.29 is 4.79 Å². The smallest absolute Gasteiger partial charge is 0.274 e. The van der Waals surface area contributed by atoms with Crippen molar-refractivity contribution in [3.05, 3.63) is 28.5 Å². The molecule has 7 heteroatoms. The van der Waals surface area contributed by atoms with E-state index < -0.39 is 0 Å². The van der Waals surface area contributed by atoms with Crippen LogP contribution in [0.5, 0.6) is 0 Å². The molecule has 0 N–H and O–H groups in total. The first-order valence-corrected chi connectivity index (χ1v) is 10.6. The summed E-state index contributed by atoms with van der Waals surface area (Å²) in [5, 5.41) is 7.83. The summed E-state index contributed by atoms with van der Waals surface area (Å²) >= 11 is 1.68. The number of nitrogens with zero attached hydrogens (tertiary/aromatic N) is 5. The van der Waals surface area contributed by atoms with Gasteiger partial charge in [-0.3, -0.25) is 9.48 Å². The molecule has 3 heterocycles. The van der Waals surface area contributed by atoms with E-state index >= 15 is 0 Å². The number of carbonyl (C=O) groups is 1. The number of amides is 1. The number of hydrogen-bond acceptors (Lipinski definition) is 5. The highest BCUT2D eigenvalue weighted by Crippen LogP contribution is 2.25. The second kappa shape index (κ2) is 7.62. The van der Waals surface area contributed by atoms with Crippen LogP contribution in [0.1, 0.15) is 68.8 Å². The van der Waals surface area contributed by atoms with Gasteiger partial charge in [-0.15, -0.1) is 11.3 Å². The molecule has 0 spiro atoms. The van der Waals surface area contributed by atoms with E-state index in [0.717, 1.165) is 42.6 Å². The molecule has 148 valence electrons. The molecule has 1 aliphatic heterocycles. The third-order valence-electron chi connectivity index (χ3n) is 4.84. The predicted octanol–water partition coefficient (Wildman–Crippen LogP) is 3.88. The highest BCUT2D eigenvalue weighted by molar-refractivity contribution is 7.13. The minimum Gasteiger partial charge on any atom is -0.346 e. The monoisotopic (exact) mass is 389 g/mol. The van der Waals surface area contributed by atoms with Gasteiger partial charge in [-0.1, -0.05) is 13.8 Å². The Bertz CT molecular complexity index is 802. The fourth-order valence-corrected chi connectivity index (χ4v) is 4.27. The summed E-state index contributed by atoms with van der Waals surface area (Å²) in [6.07, 6.45) is 0.946. The van der Waals surface area contributed by atoms with Gasteiger partial charge in [-0.25, -0.2) is 4.98 Å². The zero-order valence-corrected chi connectivity index (χ0v) is 18.1. The Morgan fingerprint density at radius 3 is 2.48 bits per heavy atom. The Hall–Kier alpha value is -1.89. The number of hydrogen-bond donors (Lipinski definition) is 0. The molecule has 1 amide bonds. The van der Waals surface area contributed by atoms with Crippen LogP contribution in [0.2, 0.25) is 0 Å². The van der Waals surface area contributed by atoms with Crippen LogP contribution in [0, 0.1) is 6.92 Å². The normalized spacial score (nSPS) is 16.1. The summed E-state index contributed by atoms with van der Waals surface area (Å²) in [5.41, 5.74) is 2.59. The average molecular weight is 390 g/mol. The summed E-state index contributed by atoms with van der Waals surface area (Å²) < 4.78 is 2.01. The van der Waals surface area contributed by atoms with Gasteiger partial charge in [0.2, 0.25) is 0 Å². The molecule has 1 aliphatic rings. The topological polar surface area (TPSA) is 54.3 Å². The Balaban J connectivity index is 1.76. The number of aromatic nitrogens is 3. The molecular weight excluding hydrogens is 358 g/mol. The number of anilines is 1. The molecule has 0 saturated carbocycles. The lowest BCUT2D eigenvalue weighted by Crippen LogP contribution is -2.35. The molecule has 0 unspecified atom stereocenters. The maximum atomic E-state index is 13.1. The van der Waals surface area contributed by atoms with Crippen molar-refractivity contribution in [2.75, 3.05) is 31.1 Å². The van der Waals surface area contributed by atoms with Crippen molar-refractivity contribution in [3.63, 3.8) is 0 Å². The van der Waals surface area contributed by atoms with Crippen LogP contribution in [-0.2, 0) is 5.54 Å². The third-order valence-corrected chi connectivity index (χ3v) is 5.86. The molecule has 27 heavy (non-hydrogen) atoms. The van der Waals surface area contributed by atoms with Gasteiger partial charge in [0.25, 0.3) is 5.91 Å². The largest absolute Gasteiger partial charge is 0.346 e. The molecule has 0 atom stereocenters. The van der Waals surface area contributed by atoms with Gasteiger partial charge in [-0.2, -0.15) is 5.10 Å². The molecule has 6 nitrogen and oxygen atoms in total. The first-order valence-electron chi connectivity index (χ1n) is 9.73. The van der Waals surface area contributed by atoms with E-state index in [0.29, 0.717) is 18.2 Å². The maximum Gasteiger partial charge on any atom is 0.274 e.